The Bertz CT molecular complexity index is 1120. The van der Waals surface area contributed by atoms with E-state index in [1.54, 1.807) is 13.8 Å². The van der Waals surface area contributed by atoms with Crippen LogP contribution in [0.2, 0.25) is 0 Å². The SMILES string of the molecule is CCOP(=O)(C[C@@](O)(COCC1C=CC=CC1)[C@@H](OCc1ccccc1)[C@H](OCc1ccccc1)[C@H](O)CO)OCC. The van der Waals surface area contributed by atoms with Gasteiger partial charge in [-0.05, 0) is 31.4 Å². The van der Waals surface area contributed by atoms with Gasteiger partial charge in [-0.1, -0.05) is 85.0 Å². The fraction of sp³-hybridized carbons (Fsp3) is 0.500. The minimum Gasteiger partial charge on any atom is -0.394 e. The minimum atomic E-state index is -3.85. The number of rotatable bonds is 20. The molecule has 9 nitrogen and oxygen atoms in total. The lowest BCUT2D eigenvalue weighted by Crippen LogP contribution is -2.60. The van der Waals surface area contributed by atoms with Gasteiger partial charge in [0, 0.05) is 5.92 Å². The highest BCUT2D eigenvalue weighted by molar-refractivity contribution is 7.53. The van der Waals surface area contributed by atoms with Gasteiger partial charge in [-0.25, -0.2) is 0 Å². The molecule has 1 aliphatic carbocycles. The van der Waals surface area contributed by atoms with Crippen LogP contribution in [-0.4, -0.2) is 78.4 Å². The number of allylic oxidation sites excluding steroid dienone is 3. The van der Waals surface area contributed by atoms with Crippen LogP contribution in [0.5, 0.6) is 0 Å². The second-order valence-corrected chi connectivity index (χ2v) is 12.3. The van der Waals surface area contributed by atoms with Gasteiger partial charge in [0.1, 0.15) is 23.9 Å². The van der Waals surface area contributed by atoms with Crippen molar-refractivity contribution < 1.29 is 43.1 Å². The van der Waals surface area contributed by atoms with Gasteiger partial charge in [-0.3, -0.25) is 4.57 Å². The Balaban J connectivity index is 1.98. The molecular formula is C32H45O9P. The first-order valence-electron chi connectivity index (χ1n) is 14.4. The van der Waals surface area contributed by atoms with Crippen LogP contribution >= 0.6 is 7.60 Å². The molecule has 42 heavy (non-hydrogen) atoms. The molecule has 0 fully saturated rings. The van der Waals surface area contributed by atoms with Crippen molar-refractivity contribution in [3.8, 4) is 0 Å². The monoisotopic (exact) mass is 604 g/mol. The van der Waals surface area contributed by atoms with Crippen LogP contribution in [0.1, 0.15) is 31.4 Å². The third-order valence-electron chi connectivity index (χ3n) is 6.82. The zero-order chi connectivity index (χ0) is 30.3. The number of hydrogen-bond donors (Lipinski definition) is 3. The zero-order valence-corrected chi connectivity index (χ0v) is 25.4. The van der Waals surface area contributed by atoms with E-state index in [-0.39, 0.29) is 39.0 Å². The van der Waals surface area contributed by atoms with E-state index in [0.29, 0.717) is 6.61 Å². The van der Waals surface area contributed by atoms with E-state index in [9.17, 15) is 19.9 Å². The summed E-state index contributed by atoms with van der Waals surface area (Å²) in [5, 5.41) is 33.4. The van der Waals surface area contributed by atoms with E-state index in [2.05, 4.69) is 0 Å². The smallest absolute Gasteiger partial charge is 0.333 e. The summed E-state index contributed by atoms with van der Waals surface area (Å²) >= 11 is 0. The lowest BCUT2D eigenvalue weighted by atomic mass is 9.91. The lowest BCUT2D eigenvalue weighted by molar-refractivity contribution is -0.213. The van der Waals surface area contributed by atoms with Crippen molar-refractivity contribution in [1.82, 2.24) is 0 Å². The fourth-order valence-corrected chi connectivity index (χ4v) is 6.79. The van der Waals surface area contributed by atoms with Crippen LogP contribution in [0.4, 0.5) is 0 Å². The second-order valence-electron chi connectivity index (χ2n) is 10.3. The standard InChI is InChI=1S/C32H45O9P/c1-3-40-42(36,41-4-2)25-32(35,24-37-21-26-14-8-5-9-15-26)31(39-23-28-18-12-7-13-19-28)30(29(34)20-33)38-22-27-16-10-6-11-17-27/h5-14,16-19,26,29-31,33-35H,3-4,15,20-25H2,1-2H3/t26?,29-,30-,31+,32+/m1/s1. The van der Waals surface area contributed by atoms with E-state index in [4.69, 9.17) is 23.3 Å². The van der Waals surface area contributed by atoms with Crippen molar-refractivity contribution in [1.29, 1.82) is 0 Å². The van der Waals surface area contributed by atoms with Gasteiger partial charge < -0.3 is 38.6 Å². The molecule has 0 bridgehead atoms. The van der Waals surface area contributed by atoms with Crippen LogP contribution in [0.3, 0.4) is 0 Å². The molecule has 0 aromatic heterocycles. The molecule has 0 spiro atoms. The third kappa shape index (κ3) is 10.8. The van der Waals surface area contributed by atoms with Crippen LogP contribution in [0, 0.1) is 5.92 Å². The Labute approximate surface area is 249 Å². The molecule has 1 unspecified atom stereocenters. The maximum absolute atomic E-state index is 13.8. The Kier molecular flexibility index (Phi) is 14.6. The molecule has 0 aliphatic heterocycles. The topological polar surface area (TPSA) is 124 Å². The van der Waals surface area contributed by atoms with E-state index in [1.165, 1.54) is 0 Å². The Morgan fingerprint density at radius 2 is 1.52 bits per heavy atom. The van der Waals surface area contributed by atoms with Gasteiger partial charge in [0.2, 0.25) is 0 Å². The molecule has 5 atom stereocenters. The van der Waals surface area contributed by atoms with Crippen molar-refractivity contribution in [2.45, 2.75) is 57.4 Å². The number of aliphatic hydroxyl groups is 3. The van der Waals surface area contributed by atoms with Gasteiger partial charge in [-0.15, -0.1) is 0 Å². The first-order chi connectivity index (χ1) is 20.3. The first-order valence-corrected chi connectivity index (χ1v) is 16.2. The van der Waals surface area contributed by atoms with Crippen molar-refractivity contribution in [2.24, 2.45) is 5.92 Å². The first kappa shape index (κ1) is 34.3. The zero-order valence-electron chi connectivity index (χ0n) is 24.5. The Morgan fingerprint density at radius 1 is 0.929 bits per heavy atom. The number of hydrogen-bond acceptors (Lipinski definition) is 9. The predicted molar refractivity (Wildman–Crippen MR) is 161 cm³/mol. The van der Waals surface area contributed by atoms with Crippen molar-refractivity contribution in [3.05, 3.63) is 96.1 Å². The van der Waals surface area contributed by atoms with Crippen molar-refractivity contribution >= 4 is 7.60 Å². The van der Waals surface area contributed by atoms with Gasteiger partial charge in [0.15, 0.2) is 0 Å². The summed E-state index contributed by atoms with van der Waals surface area (Å²) in [5.41, 5.74) is -0.385. The third-order valence-corrected chi connectivity index (χ3v) is 9.06. The van der Waals surface area contributed by atoms with E-state index >= 15 is 0 Å². The number of ether oxygens (including phenoxy) is 3. The molecular weight excluding hydrogens is 559 g/mol. The summed E-state index contributed by atoms with van der Waals surface area (Å²) in [4.78, 5) is 0. The van der Waals surface area contributed by atoms with Crippen LogP contribution in [-0.2, 0) is 41.0 Å². The highest BCUT2D eigenvalue weighted by atomic mass is 31.2. The van der Waals surface area contributed by atoms with Crippen LogP contribution < -0.4 is 0 Å². The van der Waals surface area contributed by atoms with Gasteiger partial charge in [0.25, 0.3) is 0 Å². The Hall–Kier alpha value is -2.17. The molecule has 1 aliphatic rings. The van der Waals surface area contributed by atoms with Crippen molar-refractivity contribution in [2.75, 3.05) is 39.2 Å². The highest BCUT2D eigenvalue weighted by Gasteiger charge is 2.51. The molecule has 0 saturated carbocycles. The summed E-state index contributed by atoms with van der Waals surface area (Å²) < 4.78 is 43.5. The van der Waals surface area contributed by atoms with Gasteiger partial charge in [-0.2, -0.15) is 0 Å². The summed E-state index contributed by atoms with van der Waals surface area (Å²) in [6, 6.07) is 18.6. The quantitative estimate of drug-likeness (QED) is 0.185. The maximum Gasteiger partial charge on any atom is 0.333 e. The number of aliphatic hydroxyl groups excluding tert-OH is 2. The second kappa shape index (κ2) is 17.8. The van der Waals surface area contributed by atoms with Gasteiger partial charge in [0.05, 0.1) is 52.4 Å². The van der Waals surface area contributed by atoms with Crippen LogP contribution in [0.15, 0.2) is 85.0 Å². The molecule has 2 aromatic carbocycles. The van der Waals surface area contributed by atoms with E-state index in [1.807, 2.05) is 85.0 Å². The Morgan fingerprint density at radius 3 is 2.05 bits per heavy atom. The minimum absolute atomic E-state index is 0.0426. The fourth-order valence-electron chi connectivity index (χ4n) is 4.80. The van der Waals surface area contributed by atoms with E-state index < -0.39 is 44.3 Å². The molecule has 3 N–H and O–H groups in total. The molecule has 2 aromatic rings. The molecule has 10 heteroatoms. The van der Waals surface area contributed by atoms with Crippen molar-refractivity contribution in [3.63, 3.8) is 0 Å². The summed E-state index contributed by atoms with van der Waals surface area (Å²) in [6.07, 6.45) is 4.29. The average molecular weight is 605 g/mol. The lowest BCUT2D eigenvalue weighted by Gasteiger charge is -2.42. The summed E-state index contributed by atoms with van der Waals surface area (Å²) in [5.74, 6) is 0.0988. The molecule has 3 rings (SSSR count). The average Bonchev–Trinajstić information content (AvgIpc) is 3.00. The predicted octanol–water partition coefficient (Wildman–Crippen LogP) is 4.66. The van der Waals surface area contributed by atoms with Crippen LogP contribution in [0.25, 0.3) is 0 Å². The molecule has 0 heterocycles. The summed E-state index contributed by atoms with van der Waals surface area (Å²) in [6.45, 7) is 3.00. The largest absolute Gasteiger partial charge is 0.394 e. The maximum atomic E-state index is 13.8. The number of benzene rings is 2. The highest BCUT2D eigenvalue weighted by Crippen LogP contribution is 2.51. The molecule has 0 saturated heterocycles. The molecule has 0 radical (unpaired) electrons. The normalized spacial score (nSPS) is 18.8. The molecule has 0 amide bonds. The van der Waals surface area contributed by atoms with E-state index in [0.717, 1.165) is 17.5 Å². The molecule has 232 valence electrons. The summed E-state index contributed by atoms with van der Waals surface area (Å²) in [7, 11) is -3.85. The van der Waals surface area contributed by atoms with Gasteiger partial charge >= 0.3 is 7.60 Å².